The average Bonchev–Trinajstić information content (AvgIpc) is 2.98. The summed E-state index contributed by atoms with van der Waals surface area (Å²) >= 11 is 0. The van der Waals surface area contributed by atoms with Gasteiger partial charge in [-0.05, 0) is 65.8 Å². The zero-order chi connectivity index (χ0) is 27.0. The molecule has 39 heavy (non-hydrogen) atoms. The molecule has 1 heterocycles. The Labute approximate surface area is 230 Å². The monoisotopic (exact) mass is 521 g/mol. The number of amides is 2. The molecular weight excluding hydrogens is 486 g/mol. The van der Waals surface area contributed by atoms with Crippen LogP contribution in [-0.2, 0) is 11.2 Å². The minimum atomic E-state index is -0.202. The lowest BCUT2D eigenvalue weighted by Gasteiger charge is -2.35. The number of methoxy groups -OCH3 is 1. The number of hydrogen-bond acceptors (Lipinski definition) is 4. The molecule has 200 valence electrons. The summed E-state index contributed by atoms with van der Waals surface area (Å²) in [5.41, 5.74) is 4.02. The summed E-state index contributed by atoms with van der Waals surface area (Å²) in [4.78, 5) is 28.8. The molecule has 0 saturated carbocycles. The van der Waals surface area contributed by atoms with Crippen molar-refractivity contribution in [3.05, 3.63) is 108 Å². The van der Waals surface area contributed by atoms with Crippen LogP contribution in [-0.4, -0.2) is 45.2 Å². The van der Waals surface area contributed by atoms with Gasteiger partial charge < -0.3 is 20.3 Å². The van der Waals surface area contributed by atoms with Gasteiger partial charge in [-0.15, -0.1) is 0 Å². The molecule has 2 amide bonds. The maximum atomic E-state index is 13.3. The van der Waals surface area contributed by atoms with E-state index in [-0.39, 0.29) is 11.8 Å². The lowest BCUT2D eigenvalue weighted by molar-refractivity contribution is 0.0936. The predicted octanol–water partition coefficient (Wildman–Crippen LogP) is 5.93. The molecule has 0 bridgehead atoms. The number of anilines is 2. The van der Waals surface area contributed by atoms with Crippen LogP contribution < -0.4 is 15.5 Å². The molecule has 1 aliphatic heterocycles. The van der Waals surface area contributed by atoms with Crippen molar-refractivity contribution in [3.8, 4) is 0 Å². The quantitative estimate of drug-likeness (QED) is 0.268. The Hall–Kier alpha value is -4.16. The largest absolute Gasteiger partial charge is 0.383 e. The van der Waals surface area contributed by atoms with Crippen molar-refractivity contribution < 1.29 is 14.3 Å². The van der Waals surface area contributed by atoms with E-state index in [0.29, 0.717) is 35.9 Å². The van der Waals surface area contributed by atoms with E-state index in [9.17, 15) is 9.59 Å². The summed E-state index contributed by atoms with van der Waals surface area (Å²) in [6.45, 7) is 2.62. The standard InChI is InChI=1S/C33H35N3O3/c1-39-21-18-34-32(37)30-23-27(35-33(38)29-13-7-11-26-10-5-6-12-28(26)29)14-15-31(30)36-19-16-25(17-20-36)22-24-8-3-2-4-9-24/h2-15,23,25H,16-22H2,1H3,(H,34,37)(H,35,38). The highest BCUT2D eigenvalue weighted by Gasteiger charge is 2.24. The number of piperidine rings is 1. The molecule has 0 atom stereocenters. The number of carbonyl (C=O) groups excluding carboxylic acids is 2. The van der Waals surface area contributed by atoms with Crippen LogP contribution in [0.4, 0.5) is 11.4 Å². The third-order valence-corrected chi connectivity index (χ3v) is 7.45. The molecule has 0 aromatic heterocycles. The van der Waals surface area contributed by atoms with Gasteiger partial charge in [0.05, 0.1) is 12.2 Å². The number of carbonyl (C=O) groups is 2. The second-order valence-electron chi connectivity index (χ2n) is 10.1. The minimum absolute atomic E-state index is 0.172. The van der Waals surface area contributed by atoms with Gasteiger partial charge in [0.15, 0.2) is 0 Å². The predicted molar refractivity (Wildman–Crippen MR) is 158 cm³/mol. The Morgan fingerprint density at radius 2 is 1.59 bits per heavy atom. The minimum Gasteiger partial charge on any atom is -0.383 e. The summed E-state index contributed by atoms with van der Waals surface area (Å²) in [6.07, 6.45) is 3.22. The fourth-order valence-electron chi connectivity index (χ4n) is 5.38. The van der Waals surface area contributed by atoms with Crippen molar-refractivity contribution in [2.75, 3.05) is 43.6 Å². The first kappa shape index (κ1) is 26.4. The molecule has 5 rings (SSSR count). The van der Waals surface area contributed by atoms with Crippen molar-refractivity contribution in [2.24, 2.45) is 5.92 Å². The molecule has 1 fully saturated rings. The molecule has 6 heteroatoms. The van der Waals surface area contributed by atoms with Crippen LogP contribution in [0.2, 0.25) is 0 Å². The Morgan fingerprint density at radius 3 is 2.38 bits per heavy atom. The van der Waals surface area contributed by atoms with Gasteiger partial charge >= 0.3 is 0 Å². The van der Waals surface area contributed by atoms with Crippen molar-refractivity contribution in [1.82, 2.24) is 5.32 Å². The van der Waals surface area contributed by atoms with Gasteiger partial charge in [-0.3, -0.25) is 9.59 Å². The van der Waals surface area contributed by atoms with Crippen LogP contribution in [0, 0.1) is 5.92 Å². The number of hydrogen-bond donors (Lipinski definition) is 2. The van der Waals surface area contributed by atoms with E-state index in [1.807, 2.05) is 54.6 Å². The molecule has 0 unspecified atom stereocenters. The average molecular weight is 522 g/mol. The van der Waals surface area contributed by atoms with E-state index >= 15 is 0 Å². The second kappa shape index (κ2) is 12.6. The first-order valence-corrected chi connectivity index (χ1v) is 13.6. The molecule has 1 aliphatic rings. The number of ether oxygens (including phenoxy) is 1. The molecule has 1 saturated heterocycles. The van der Waals surface area contributed by atoms with Crippen LogP contribution >= 0.6 is 0 Å². The molecule has 0 radical (unpaired) electrons. The van der Waals surface area contributed by atoms with Gasteiger partial charge in [-0.25, -0.2) is 0 Å². The van der Waals surface area contributed by atoms with Crippen molar-refractivity contribution in [1.29, 1.82) is 0 Å². The molecular formula is C33H35N3O3. The summed E-state index contributed by atoms with van der Waals surface area (Å²) in [6, 6.07) is 29.8. The van der Waals surface area contributed by atoms with Gasteiger partial charge in [0, 0.05) is 43.7 Å². The topological polar surface area (TPSA) is 70.7 Å². The Kier molecular flexibility index (Phi) is 8.54. The molecule has 6 nitrogen and oxygen atoms in total. The summed E-state index contributed by atoms with van der Waals surface area (Å²) < 4.78 is 5.11. The molecule has 0 aliphatic carbocycles. The van der Waals surface area contributed by atoms with E-state index in [1.165, 1.54) is 5.56 Å². The zero-order valence-electron chi connectivity index (χ0n) is 22.4. The van der Waals surface area contributed by atoms with Crippen LogP contribution in [0.25, 0.3) is 10.8 Å². The molecule has 4 aromatic carbocycles. The Bertz CT molecular complexity index is 1420. The third kappa shape index (κ3) is 6.47. The fourth-order valence-corrected chi connectivity index (χ4v) is 5.38. The zero-order valence-corrected chi connectivity index (χ0v) is 22.4. The van der Waals surface area contributed by atoms with E-state index in [4.69, 9.17) is 4.74 Å². The Morgan fingerprint density at radius 1 is 0.846 bits per heavy atom. The fraction of sp³-hybridized carbons (Fsp3) is 0.273. The third-order valence-electron chi connectivity index (χ3n) is 7.45. The van der Waals surface area contributed by atoms with E-state index < -0.39 is 0 Å². The lowest BCUT2D eigenvalue weighted by atomic mass is 9.89. The van der Waals surface area contributed by atoms with Crippen LogP contribution in [0.15, 0.2) is 91.0 Å². The van der Waals surface area contributed by atoms with E-state index in [2.05, 4.69) is 45.9 Å². The number of nitrogens with one attached hydrogen (secondary N) is 2. The highest BCUT2D eigenvalue weighted by Crippen LogP contribution is 2.30. The summed E-state index contributed by atoms with van der Waals surface area (Å²) in [5, 5.41) is 7.87. The normalized spacial score (nSPS) is 13.8. The highest BCUT2D eigenvalue weighted by molar-refractivity contribution is 6.13. The summed E-state index contributed by atoms with van der Waals surface area (Å²) in [7, 11) is 1.61. The SMILES string of the molecule is COCCNC(=O)c1cc(NC(=O)c2cccc3ccccc23)ccc1N1CCC(Cc2ccccc2)CC1. The van der Waals surface area contributed by atoms with Gasteiger partial charge in [-0.2, -0.15) is 0 Å². The van der Waals surface area contributed by atoms with Gasteiger partial charge in [0.2, 0.25) is 0 Å². The lowest BCUT2D eigenvalue weighted by Crippen LogP contribution is -2.36. The van der Waals surface area contributed by atoms with E-state index in [1.54, 1.807) is 13.2 Å². The van der Waals surface area contributed by atoms with Gasteiger partial charge in [0.1, 0.15) is 0 Å². The van der Waals surface area contributed by atoms with Crippen molar-refractivity contribution in [3.63, 3.8) is 0 Å². The second-order valence-corrected chi connectivity index (χ2v) is 10.1. The Balaban J connectivity index is 1.34. The maximum Gasteiger partial charge on any atom is 0.256 e. The number of benzene rings is 4. The van der Waals surface area contributed by atoms with E-state index in [0.717, 1.165) is 48.8 Å². The van der Waals surface area contributed by atoms with Gasteiger partial charge in [-0.1, -0.05) is 66.7 Å². The van der Waals surface area contributed by atoms with Crippen molar-refractivity contribution in [2.45, 2.75) is 19.3 Å². The number of nitrogens with zero attached hydrogens (tertiary/aromatic N) is 1. The van der Waals surface area contributed by atoms with Crippen LogP contribution in [0.3, 0.4) is 0 Å². The summed E-state index contributed by atoms with van der Waals surface area (Å²) in [5.74, 6) is 0.253. The van der Waals surface area contributed by atoms with Crippen LogP contribution in [0.1, 0.15) is 39.1 Å². The smallest absolute Gasteiger partial charge is 0.256 e. The molecule has 0 spiro atoms. The number of rotatable bonds is 9. The van der Waals surface area contributed by atoms with Crippen molar-refractivity contribution >= 4 is 34.0 Å². The first-order chi connectivity index (χ1) is 19.1. The highest BCUT2D eigenvalue weighted by atomic mass is 16.5. The number of fused-ring (bicyclic) bond motifs is 1. The van der Waals surface area contributed by atoms with Gasteiger partial charge in [0.25, 0.3) is 11.8 Å². The first-order valence-electron chi connectivity index (χ1n) is 13.6. The molecule has 4 aromatic rings. The maximum absolute atomic E-state index is 13.3. The van der Waals surface area contributed by atoms with Crippen LogP contribution in [0.5, 0.6) is 0 Å². The molecule has 2 N–H and O–H groups in total.